The van der Waals surface area contributed by atoms with E-state index < -0.39 is 0 Å². The second kappa shape index (κ2) is 10.3. The van der Waals surface area contributed by atoms with Crippen molar-refractivity contribution in [2.24, 2.45) is 0 Å². The third-order valence-electron chi connectivity index (χ3n) is 4.35. The summed E-state index contributed by atoms with van der Waals surface area (Å²) in [7, 11) is 0. The lowest BCUT2D eigenvalue weighted by Gasteiger charge is -2.06. The van der Waals surface area contributed by atoms with Crippen molar-refractivity contribution in [1.29, 1.82) is 0 Å². The van der Waals surface area contributed by atoms with E-state index >= 15 is 0 Å². The predicted octanol–water partition coefficient (Wildman–Crippen LogP) is 6.98. The number of benzene rings is 3. The van der Waals surface area contributed by atoms with E-state index in [4.69, 9.17) is 28.9 Å². The van der Waals surface area contributed by atoms with E-state index in [1.165, 1.54) is 11.1 Å². The van der Waals surface area contributed by atoms with Crippen LogP contribution in [0.5, 0.6) is 0 Å². The number of hydrogen-bond donors (Lipinski definition) is 1. The summed E-state index contributed by atoms with van der Waals surface area (Å²) in [6.07, 6.45) is 2.83. The number of para-hydroxylation sites is 1. The minimum absolute atomic E-state index is 0.777. The van der Waals surface area contributed by atoms with Crippen molar-refractivity contribution in [3.05, 3.63) is 99.0 Å². The van der Waals surface area contributed by atoms with E-state index in [-0.39, 0.29) is 0 Å². The molecule has 3 heteroatoms. The van der Waals surface area contributed by atoms with Gasteiger partial charge in [0.05, 0.1) is 0 Å². The quantitative estimate of drug-likeness (QED) is 0.481. The van der Waals surface area contributed by atoms with Gasteiger partial charge in [0.25, 0.3) is 0 Å². The summed E-state index contributed by atoms with van der Waals surface area (Å²) in [6, 6.07) is 21.9. The molecule has 0 fully saturated rings. The summed E-state index contributed by atoms with van der Waals surface area (Å²) in [5, 5.41) is 1.58. The Kier molecular flexibility index (Phi) is 8.03. The van der Waals surface area contributed by atoms with Gasteiger partial charge in [-0.25, -0.2) is 0 Å². The van der Waals surface area contributed by atoms with E-state index in [0.29, 0.717) is 0 Å². The molecule has 0 spiro atoms. The molecule has 3 aromatic rings. The normalized spacial score (nSPS) is 10.2. The van der Waals surface area contributed by atoms with Gasteiger partial charge < -0.3 is 5.73 Å². The Hall–Kier alpha value is -1.96. The van der Waals surface area contributed by atoms with Crippen molar-refractivity contribution in [3.63, 3.8) is 0 Å². The zero-order chi connectivity index (χ0) is 18.9. The molecule has 0 aromatic heterocycles. The molecule has 1 nitrogen and oxygen atoms in total. The first kappa shape index (κ1) is 20.4. The van der Waals surface area contributed by atoms with Crippen molar-refractivity contribution in [1.82, 2.24) is 0 Å². The average molecular weight is 386 g/mol. The lowest BCUT2D eigenvalue weighted by atomic mass is 10.0. The van der Waals surface area contributed by atoms with Crippen LogP contribution in [-0.2, 0) is 19.3 Å². The maximum absolute atomic E-state index is 6.08. The van der Waals surface area contributed by atoms with Crippen molar-refractivity contribution in [2.75, 3.05) is 5.73 Å². The average Bonchev–Trinajstić information content (AvgIpc) is 2.66. The first-order valence-electron chi connectivity index (χ1n) is 8.89. The van der Waals surface area contributed by atoms with Gasteiger partial charge in [0, 0.05) is 22.2 Å². The van der Waals surface area contributed by atoms with Crippen LogP contribution >= 0.6 is 23.2 Å². The Balaban J connectivity index is 0.000000197. The van der Waals surface area contributed by atoms with Crippen LogP contribution in [0.25, 0.3) is 0 Å². The monoisotopic (exact) mass is 385 g/mol. The minimum atomic E-state index is 0.777. The summed E-state index contributed by atoms with van der Waals surface area (Å²) < 4.78 is 0. The van der Waals surface area contributed by atoms with Crippen LogP contribution in [-0.4, -0.2) is 0 Å². The van der Waals surface area contributed by atoms with E-state index in [2.05, 4.69) is 32.0 Å². The topological polar surface area (TPSA) is 26.0 Å². The summed E-state index contributed by atoms with van der Waals surface area (Å²) in [5.74, 6) is 0. The fourth-order valence-electron chi connectivity index (χ4n) is 2.77. The summed E-state index contributed by atoms with van der Waals surface area (Å²) in [6.45, 7) is 4.26. The first-order valence-corrected chi connectivity index (χ1v) is 9.65. The van der Waals surface area contributed by atoms with Crippen molar-refractivity contribution in [2.45, 2.75) is 33.1 Å². The van der Waals surface area contributed by atoms with Crippen molar-refractivity contribution < 1.29 is 0 Å². The van der Waals surface area contributed by atoms with Crippen molar-refractivity contribution in [3.8, 4) is 0 Å². The summed E-state index contributed by atoms with van der Waals surface area (Å²) in [4.78, 5) is 0. The minimum Gasteiger partial charge on any atom is -0.398 e. The molecule has 0 saturated carbocycles. The Morgan fingerprint density at radius 3 is 1.38 bits per heavy atom. The molecule has 0 heterocycles. The SMILES string of the molecule is CCc1cccc(CC)c1N.Clc1ccccc1Cc1ccccc1Cl. The van der Waals surface area contributed by atoms with E-state index in [1.807, 2.05) is 48.5 Å². The van der Waals surface area contributed by atoms with Gasteiger partial charge in [0.15, 0.2) is 0 Å². The van der Waals surface area contributed by atoms with E-state index in [9.17, 15) is 0 Å². The van der Waals surface area contributed by atoms with Gasteiger partial charge in [-0.15, -0.1) is 0 Å². The lowest BCUT2D eigenvalue weighted by molar-refractivity contribution is 1.09. The van der Waals surface area contributed by atoms with Crippen LogP contribution in [0.15, 0.2) is 66.7 Å². The van der Waals surface area contributed by atoms with Gasteiger partial charge in [-0.1, -0.05) is 91.6 Å². The third kappa shape index (κ3) is 5.52. The molecule has 0 radical (unpaired) electrons. The van der Waals surface area contributed by atoms with Gasteiger partial charge >= 0.3 is 0 Å². The number of rotatable bonds is 4. The molecule has 26 heavy (non-hydrogen) atoms. The zero-order valence-electron chi connectivity index (χ0n) is 15.3. The molecule has 0 unspecified atom stereocenters. The summed E-state index contributed by atoms with van der Waals surface area (Å²) >= 11 is 12.2. The Bertz CT molecular complexity index is 777. The molecule has 0 aliphatic heterocycles. The Morgan fingerprint density at radius 1 is 0.615 bits per heavy atom. The van der Waals surface area contributed by atoms with Crippen molar-refractivity contribution >= 4 is 28.9 Å². The Morgan fingerprint density at radius 2 is 1.00 bits per heavy atom. The van der Waals surface area contributed by atoms with Gasteiger partial charge in [0.1, 0.15) is 0 Å². The third-order valence-corrected chi connectivity index (χ3v) is 5.08. The maximum Gasteiger partial charge on any atom is 0.0441 e. The highest BCUT2D eigenvalue weighted by molar-refractivity contribution is 6.32. The van der Waals surface area contributed by atoms with Gasteiger partial charge in [0.2, 0.25) is 0 Å². The maximum atomic E-state index is 6.08. The van der Waals surface area contributed by atoms with Crippen LogP contribution in [0, 0.1) is 0 Å². The lowest BCUT2D eigenvalue weighted by Crippen LogP contribution is -1.97. The molecule has 0 bridgehead atoms. The van der Waals surface area contributed by atoms with Crippen LogP contribution in [0.3, 0.4) is 0 Å². The van der Waals surface area contributed by atoms with Crippen LogP contribution in [0.1, 0.15) is 36.1 Å². The number of hydrogen-bond acceptors (Lipinski definition) is 1. The van der Waals surface area contributed by atoms with Crippen LogP contribution < -0.4 is 5.73 Å². The predicted molar refractivity (Wildman–Crippen MR) is 115 cm³/mol. The number of nitrogens with two attached hydrogens (primary N) is 1. The van der Waals surface area contributed by atoms with E-state index in [1.54, 1.807) is 0 Å². The number of aryl methyl sites for hydroxylation is 2. The number of halogens is 2. The largest absolute Gasteiger partial charge is 0.398 e. The molecule has 136 valence electrons. The van der Waals surface area contributed by atoms with Gasteiger partial charge in [-0.05, 0) is 47.2 Å². The standard InChI is InChI=1S/C13H10Cl2.C10H15N/c14-12-7-3-1-5-10(12)9-11-6-2-4-8-13(11)15;1-3-8-6-5-7-9(4-2)10(8)11/h1-8H,9H2;5-7H,3-4,11H2,1-2H3. The fourth-order valence-corrected chi connectivity index (χ4v) is 3.18. The van der Waals surface area contributed by atoms with Crippen LogP contribution in [0.4, 0.5) is 5.69 Å². The molecule has 3 rings (SSSR count). The highest BCUT2D eigenvalue weighted by atomic mass is 35.5. The molecule has 2 N–H and O–H groups in total. The number of anilines is 1. The second-order valence-corrected chi connectivity index (χ2v) is 6.87. The molecule has 0 amide bonds. The molecular weight excluding hydrogens is 361 g/mol. The molecular formula is C23H25Cl2N. The molecule has 3 aromatic carbocycles. The highest BCUT2D eigenvalue weighted by Crippen LogP contribution is 2.23. The Labute approximate surface area is 166 Å². The first-order chi connectivity index (χ1) is 12.6. The molecule has 0 aliphatic carbocycles. The highest BCUT2D eigenvalue weighted by Gasteiger charge is 2.03. The smallest absolute Gasteiger partial charge is 0.0441 e. The zero-order valence-corrected chi connectivity index (χ0v) is 16.8. The second-order valence-electron chi connectivity index (χ2n) is 6.06. The van der Waals surface area contributed by atoms with Gasteiger partial charge in [-0.3, -0.25) is 0 Å². The van der Waals surface area contributed by atoms with E-state index in [0.717, 1.165) is 46.1 Å². The van der Waals surface area contributed by atoms with Crippen LogP contribution in [0.2, 0.25) is 10.0 Å². The summed E-state index contributed by atoms with van der Waals surface area (Å²) in [5.41, 5.74) is 11.6. The molecule has 0 saturated heterocycles. The van der Waals surface area contributed by atoms with Gasteiger partial charge in [-0.2, -0.15) is 0 Å². The fraction of sp³-hybridized carbons (Fsp3) is 0.217. The number of nitrogen functional groups attached to an aromatic ring is 1. The molecule has 0 atom stereocenters. The molecule has 0 aliphatic rings.